The predicted octanol–water partition coefficient (Wildman–Crippen LogP) is -0.515. The minimum absolute atomic E-state index is 0.115. The molecule has 14 heavy (non-hydrogen) atoms. The fourth-order valence-electron chi connectivity index (χ4n) is 1.64. The maximum absolute atomic E-state index is 11.2. The Balaban J connectivity index is 2.76. The van der Waals surface area contributed by atoms with Crippen molar-refractivity contribution in [2.24, 2.45) is 11.7 Å². The summed E-state index contributed by atoms with van der Waals surface area (Å²) in [5.41, 5.74) is 5.68. The number of nitrogens with zero attached hydrogens (tertiary/aromatic N) is 1. The lowest BCUT2D eigenvalue weighted by Gasteiger charge is -2.20. The summed E-state index contributed by atoms with van der Waals surface area (Å²) < 4.78 is 4.52. The number of carbonyl (C=O) groups is 2. The Kier molecular flexibility index (Phi) is 2.95. The summed E-state index contributed by atoms with van der Waals surface area (Å²) in [6, 6.07) is -0.838. The van der Waals surface area contributed by atoms with Crippen molar-refractivity contribution in [1.82, 2.24) is 4.90 Å². The Morgan fingerprint density at radius 3 is 2.50 bits per heavy atom. The first kappa shape index (κ1) is 10.8. The number of ether oxygens (including phenoxy) is 1. The molecule has 1 aliphatic heterocycles. The Bertz CT molecular complexity index is 256. The van der Waals surface area contributed by atoms with Gasteiger partial charge in [0.05, 0.1) is 13.0 Å². The molecule has 1 saturated heterocycles. The third-order valence-corrected chi connectivity index (χ3v) is 2.63. The normalized spacial score (nSPS) is 31.6. The topological polar surface area (TPSA) is 92.9 Å². The molecule has 1 fully saturated rings. The summed E-state index contributed by atoms with van der Waals surface area (Å²) >= 11 is 0. The van der Waals surface area contributed by atoms with E-state index in [9.17, 15) is 9.59 Å². The second-order valence-corrected chi connectivity index (χ2v) is 3.39. The van der Waals surface area contributed by atoms with Crippen molar-refractivity contribution in [2.75, 3.05) is 13.7 Å². The van der Waals surface area contributed by atoms with E-state index in [2.05, 4.69) is 4.74 Å². The summed E-state index contributed by atoms with van der Waals surface area (Å²) in [6.07, 6.45) is -0.531. The van der Waals surface area contributed by atoms with Crippen LogP contribution in [0.25, 0.3) is 0 Å². The van der Waals surface area contributed by atoms with E-state index in [4.69, 9.17) is 10.8 Å². The average molecular weight is 202 g/mol. The van der Waals surface area contributed by atoms with Crippen molar-refractivity contribution in [3.05, 3.63) is 0 Å². The Morgan fingerprint density at radius 2 is 2.14 bits per heavy atom. The molecule has 3 atom stereocenters. The van der Waals surface area contributed by atoms with Gasteiger partial charge in [0.1, 0.15) is 0 Å². The molecule has 0 radical (unpaired) electrons. The smallest absolute Gasteiger partial charge is 0.409 e. The number of carboxylic acids is 1. The summed E-state index contributed by atoms with van der Waals surface area (Å²) in [4.78, 5) is 23.3. The summed E-state index contributed by atoms with van der Waals surface area (Å²) in [7, 11) is 1.26. The third-order valence-electron chi connectivity index (χ3n) is 2.63. The van der Waals surface area contributed by atoms with Crippen molar-refractivity contribution in [3.8, 4) is 0 Å². The molecule has 0 aromatic heterocycles. The van der Waals surface area contributed by atoms with E-state index in [0.29, 0.717) is 0 Å². The molecule has 0 aromatic rings. The molecule has 0 saturated carbocycles. The molecule has 3 N–H and O–H groups in total. The highest BCUT2D eigenvalue weighted by atomic mass is 16.5. The van der Waals surface area contributed by atoms with Gasteiger partial charge in [-0.05, 0) is 6.92 Å². The molecule has 0 bridgehead atoms. The first-order valence-electron chi connectivity index (χ1n) is 4.32. The molecule has 1 aliphatic rings. The number of hydrogen-bond donors (Lipinski definition) is 2. The van der Waals surface area contributed by atoms with Gasteiger partial charge < -0.3 is 20.5 Å². The number of carboxylic acid groups (broad SMARTS) is 1. The summed E-state index contributed by atoms with van der Waals surface area (Å²) in [6.45, 7) is 1.83. The van der Waals surface area contributed by atoms with Crippen LogP contribution in [0, 0.1) is 5.92 Å². The number of nitrogens with two attached hydrogens (primary N) is 1. The van der Waals surface area contributed by atoms with Crippen LogP contribution in [-0.4, -0.2) is 47.8 Å². The van der Waals surface area contributed by atoms with Gasteiger partial charge >= 0.3 is 12.1 Å². The highest BCUT2D eigenvalue weighted by molar-refractivity contribution is 5.75. The van der Waals surface area contributed by atoms with Gasteiger partial charge in [-0.1, -0.05) is 0 Å². The monoisotopic (exact) mass is 202 g/mol. The predicted molar refractivity (Wildman–Crippen MR) is 47.7 cm³/mol. The van der Waals surface area contributed by atoms with E-state index in [1.807, 2.05) is 0 Å². The number of amides is 1. The van der Waals surface area contributed by atoms with Crippen molar-refractivity contribution in [3.63, 3.8) is 0 Å². The van der Waals surface area contributed by atoms with Crippen molar-refractivity contribution in [1.29, 1.82) is 0 Å². The number of rotatable bonds is 1. The van der Waals surface area contributed by atoms with Gasteiger partial charge in [-0.25, -0.2) is 4.79 Å². The lowest BCUT2D eigenvalue weighted by atomic mass is 10.0. The van der Waals surface area contributed by atoms with E-state index in [1.165, 1.54) is 12.0 Å². The molecule has 1 amide bonds. The molecule has 3 unspecified atom stereocenters. The van der Waals surface area contributed by atoms with Crippen LogP contribution in [0.15, 0.2) is 0 Å². The zero-order chi connectivity index (χ0) is 10.9. The first-order chi connectivity index (χ1) is 6.49. The minimum Gasteiger partial charge on any atom is -0.481 e. The molecule has 6 nitrogen and oxygen atoms in total. The third kappa shape index (κ3) is 1.65. The Hall–Kier alpha value is -1.30. The van der Waals surface area contributed by atoms with E-state index in [1.54, 1.807) is 6.92 Å². The van der Waals surface area contributed by atoms with E-state index in [-0.39, 0.29) is 12.6 Å². The van der Waals surface area contributed by atoms with Gasteiger partial charge in [-0.15, -0.1) is 0 Å². The number of carbonyl (C=O) groups excluding carboxylic acids is 1. The minimum atomic E-state index is -0.976. The number of hydrogen-bond acceptors (Lipinski definition) is 4. The SMILES string of the molecule is COC(=O)N1CC(C(=O)O)C(N)C1C. The zero-order valence-electron chi connectivity index (χ0n) is 8.14. The quantitative estimate of drug-likeness (QED) is 0.597. The van der Waals surface area contributed by atoms with Crippen molar-refractivity contribution >= 4 is 12.1 Å². The Labute approximate surface area is 81.6 Å². The average Bonchev–Trinajstić information content (AvgIpc) is 2.43. The molecular formula is C8H14N2O4. The largest absolute Gasteiger partial charge is 0.481 e. The fraction of sp³-hybridized carbons (Fsp3) is 0.750. The van der Waals surface area contributed by atoms with Crippen molar-refractivity contribution < 1.29 is 19.4 Å². The van der Waals surface area contributed by atoms with Gasteiger partial charge in [0, 0.05) is 18.6 Å². The molecule has 0 aliphatic carbocycles. The van der Waals surface area contributed by atoms with Crippen LogP contribution in [0.4, 0.5) is 4.79 Å². The standard InChI is InChI=1S/C8H14N2O4/c1-4-6(9)5(7(11)12)3-10(4)8(13)14-2/h4-6H,3,9H2,1-2H3,(H,11,12). The molecule has 1 rings (SSSR count). The fourth-order valence-corrected chi connectivity index (χ4v) is 1.64. The maximum Gasteiger partial charge on any atom is 0.409 e. The molecular weight excluding hydrogens is 188 g/mol. The molecule has 6 heteroatoms. The van der Waals surface area contributed by atoms with E-state index < -0.39 is 24.0 Å². The van der Waals surface area contributed by atoms with Gasteiger partial charge in [-0.3, -0.25) is 4.79 Å². The van der Waals surface area contributed by atoms with Gasteiger partial charge in [0.25, 0.3) is 0 Å². The summed E-state index contributed by atoms with van der Waals surface area (Å²) in [5.74, 6) is -1.68. The highest BCUT2D eigenvalue weighted by Gasteiger charge is 2.43. The van der Waals surface area contributed by atoms with Crippen LogP contribution in [-0.2, 0) is 9.53 Å². The van der Waals surface area contributed by atoms with Crippen LogP contribution >= 0.6 is 0 Å². The van der Waals surface area contributed by atoms with Crippen LogP contribution in [0.2, 0.25) is 0 Å². The van der Waals surface area contributed by atoms with Gasteiger partial charge in [-0.2, -0.15) is 0 Å². The second kappa shape index (κ2) is 3.83. The van der Waals surface area contributed by atoms with Crippen LogP contribution in [0.5, 0.6) is 0 Å². The maximum atomic E-state index is 11.2. The van der Waals surface area contributed by atoms with E-state index in [0.717, 1.165) is 0 Å². The molecule has 1 heterocycles. The number of methoxy groups -OCH3 is 1. The zero-order valence-corrected chi connectivity index (χ0v) is 8.14. The molecule has 0 spiro atoms. The van der Waals surface area contributed by atoms with Crippen molar-refractivity contribution in [2.45, 2.75) is 19.0 Å². The number of aliphatic carboxylic acids is 1. The van der Waals surface area contributed by atoms with Gasteiger partial charge in [0.2, 0.25) is 0 Å². The highest BCUT2D eigenvalue weighted by Crippen LogP contribution is 2.22. The van der Waals surface area contributed by atoms with E-state index >= 15 is 0 Å². The molecule has 80 valence electrons. The lowest BCUT2D eigenvalue weighted by Crippen LogP contribution is -2.41. The summed E-state index contributed by atoms with van der Waals surface area (Å²) in [5, 5.41) is 8.81. The number of likely N-dealkylation sites (tertiary alicyclic amines) is 1. The lowest BCUT2D eigenvalue weighted by molar-refractivity contribution is -0.141. The van der Waals surface area contributed by atoms with Gasteiger partial charge in [0.15, 0.2) is 0 Å². The molecule has 0 aromatic carbocycles. The first-order valence-corrected chi connectivity index (χ1v) is 4.32. The van der Waals surface area contributed by atoms with Crippen LogP contribution in [0.3, 0.4) is 0 Å². The Morgan fingerprint density at radius 1 is 1.57 bits per heavy atom. The van der Waals surface area contributed by atoms with Crippen LogP contribution < -0.4 is 5.73 Å². The van der Waals surface area contributed by atoms with Crippen LogP contribution in [0.1, 0.15) is 6.92 Å². The second-order valence-electron chi connectivity index (χ2n) is 3.39.